The number of carbonyl (C=O) groups excluding carboxylic acids is 1. The molecular weight excluding hydrogens is 226 g/mol. The van der Waals surface area contributed by atoms with Gasteiger partial charge in [-0.05, 0) is 12.1 Å². The van der Waals surface area contributed by atoms with Gasteiger partial charge in [-0.25, -0.2) is 0 Å². The van der Waals surface area contributed by atoms with E-state index in [0.717, 1.165) is 5.69 Å². The average molecular weight is 235 g/mol. The Hall–Kier alpha value is -1.89. The van der Waals surface area contributed by atoms with Crippen molar-refractivity contribution in [1.82, 2.24) is 19.7 Å². The summed E-state index contributed by atoms with van der Waals surface area (Å²) in [7, 11) is 0. The van der Waals surface area contributed by atoms with Crippen LogP contribution in [0.15, 0.2) is 36.0 Å². The molecule has 2 heterocycles. The third-order valence-corrected chi connectivity index (χ3v) is 2.75. The van der Waals surface area contributed by atoms with Crippen LogP contribution < -0.4 is 5.73 Å². The van der Waals surface area contributed by atoms with Gasteiger partial charge in [0, 0.05) is 6.20 Å². The highest BCUT2D eigenvalue weighted by Gasteiger charge is 2.08. The predicted octanol–water partition coefficient (Wildman–Crippen LogP) is 0.240. The molecule has 82 valence electrons. The SMILES string of the molecule is NC(=O)CSc1nncn1-c1cccnc1. The molecule has 2 rings (SSSR count). The number of nitrogens with zero attached hydrogens (tertiary/aromatic N) is 4. The largest absolute Gasteiger partial charge is 0.369 e. The minimum atomic E-state index is -0.384. The van der Waals surface area contributed by atoms with E-state index in [9.17, 15) is 4.79 Å². The van der Waals surface area contributed by atoms with Gasteiger partial charge in [0.05, 0.1) is 17.6 Å². The van der Waals surface area contributed by atoms with E-state index in [0.29, 0.717) is 5.16 Å². The molecule has 0 saturated carbocycles. The molecule has 6 nitrogen and oxygen atoms in total. The molecular formula is C9H9N5OS. The van der Waals surface area contributed by atoms with Gasteiger partial charge in [0.25, 0.3) is 0 Å². The van der Waals surface area contributed by atoms with E-state index in [2.05, 4.69) is 15.2 Å². The Kier molecular flexibility index (Phi) is 3.16. The lowest BCUT2D eigenvalue weighted by atomic mass is 10.4. The van der Waals surface area contributed by atoms with Gasteiger partial charge in [-0.3, -0.25) is 14.3 Å². The van der Waals surface area contributed by atoms with Crippen molar-refractivity contribution in [3.8, 4) is 5.69 Å². The first kappa shape index (κ1) is 10.6. The maximum atomic E-state index is 10.7. The monoisotopic (exact) mass is 235 g/mol. The van der Waals surface area contributed by atoms with E-state index in [1.165, 1.54) is 11.8 Å². The molecule has 2 aromatic heterocycles. The van der Waals surface area contributed by atoms with Crippen molar-refractivity contribution in [2.24, 2.45) is 5.73 Å². The van der Waals surface area contributed by atoms with Crippen molar-refractivity contribution in [2.45, 2.75) is 5.16 Å². The van der Waals surface area contributed by atoms with Crippen molar-refractivity contribution in [3.05, 3.63) is 30.9 Å². The van der Waals surface area contributed by atoms with Gasteiger partial charge < -0.3 is 5.73 Å². The van der Waals surface area contributed by atoms with Crippen LogP contribution >= 0.6 is 11.8 Å². The van der Waals surface area contributed by atoms with Crippen LogP contribution in [0.1, 0.15) is 0 Å². The van der Waals surface area contributed by atoms with Gasteiger partial charge >= 0.3 is 0 Å². The van der Waals surface area contributed by atoms with Crippen LogP contribution in [0, 0.1) is 0 Å². The summed E-state index contributed by atoms with van der Waals surface area (Å²) < 4.78 is 1.75. The van der Waals surface area contributed by atoms with E-state index in [1.807, 2.05) is 12.1 Å². The number of rotatable bonds is 4. The predicted molar refractivity (Wildman–Crippen MR) is 59.1 cm³/mol. The zero-order valence-electron chi connectivity index (χ0n) is 8.28. The molecule has 2 aromatic rings. The van der Waals surface area contributed by atoms with Gasteiger partial charge in [-0.1, -0.05) is 11.8 Å². The van der Waals surface area contributed by atoms with E-state index in [4.69, 9.17) is 5.73 Å². The Morgan fingerprint density at radius 2 is 2.44 bits per heavy atom. The van der Waals surface area contributed by atoms with Crippen LogP contribution in [0.3, 0.4) is 0 Å². The smallest absolute Gasteiger partial charge is 0.227 e. The lowest BCUT2D eigenvalue weighted by Gasteiger charge is -2.03. The second-order valence-corrected chi connectivity index (χ2v) is 3.89. The van der Waals surface area contributed by atoms with Crippen LogP contribution in [0.25, 0.3) is 5.69 Å². The van der Waals surface area contributed by atoms with Gasteiger partial charge in [-0.15, -0.1) is 10.2 Å². The Bertz CT molecular complexity index is 484. The topological polar surface area (TPSA) is 86.7 Å². The fraction of sp³-hybridized carbons (Fsp3) is 0.111. The Balaban J connectivity index is 2.23. The molecule has 0 aliphatic carbocycles. The van der Waals surface area contributed by atoms with Crippen LogP contribution in [-0.2, 0) is 4.79 Å². The molecule has 0 atom stereocenters. The second-order valence-electron chi connectivity index (χ2n) is 2.95. The molecule has 0 spiro atoms. The number of pyridine rings is 1. The summed E-state index contributed by atoms with van der Waals surface area (Å²) >= 11 is 1.24. The number of hydrogen-bond acceptors (Lipinski definition) is 5. The van der Waals surface area contributed by atoms with Gasteiger partial charge in [-0.2, -0.15) is 0 Å². The molecule has 16 heavy (non-hydrogen) atoms. The number of carbonyl (C=O) groups is 1. The molecule has 0 fully saturated rings. The first-order chi connectivity index (χ1) is 7.77. The molecule has 1 amide bonds. The lowest BCUT2D eigenvalue weighted by molar-refractivity contribution is -0.115. The zero-order valence-corrected chi connectivity index (χ0v) is 9.09. The normalized spacial score (nSPS) is 10.2. The highest BCUT2D eigenvalue weighted by atomic mass is 32.2. The van der Waals surface area contributed by atoms with Crippen LogP contribution in [0.5, 0.6) is 0 Å². The third kappa shape index (κ3) is 2.37. The van der Waals surface area contributed by atoms with E-state index < -0.39 is 0 Å². The van der Waals surface area contributed by atoms with Gasteiger partial charge in [0.15, 0.2) is 5.16 Å². The van der Waals surface area contributed by atoms with Crippen LogP contribution in [0.2, 0.25) is 0 Å². The molecule has 0 aromatic carbocycles. The quantitative estimate of drug-likeness (QED) is 0.767. The highest BCUT2D eigenvalue weighted by Crippen LogP contribution is 2.17. The third-order valence-electron chi connectivity index (χ3n) is 1.78. The molecule has 7 heteroatoms. The summed E-state index contributed by atoms with van der Waals surface area (Å²) in [6.07, 6.45) is 4.95. The summed E-state index contributed by atoms with van der Waals surface area (Å²) in [4.78, 5) is 14.7. The highest BCUT2D eigenvalue weighted by molar-refractivity contribution is 7.99. The summed E-state index contributed by atoms with van der Waals surface area (Å²) in [5.74, 6) is -0.204. The number of nitrogens with two attached hydrogens (primary N) is 1. The fourth-order valence-corrected chi connectivity index (χ4v) is 1.80. The van der Waals surface area contributed by atoms with E-state index >= 15 is 0 Å². The number of primary amides is 1. The van der Waals surface area contributed by atoms with Crippen molar-refractivity contribution in [3.63, 3.8) is 0 Å². The van der Waals surface area contributed by atoms with E-state index in [1.54, 1.807) is 23.3 Å². The second kappa shape index (κ2) is 4.75. The molecule has 0 aliphatic rings. The molecule has 2 N–H and O–H groups in total. The average Bonchev–Trinajstić information content (AvgIpc) is 2.75. The lowest BCUT2D eigenvalue weighted by Crippen LogP contribution is -2.13. The van der Waals surface area contributed by atoms with Crippen molar-refractivity contribution < 1.29 is 4.79 Å². The van der Waals surface area contributed by atoms with Gasteiger partial charge in [0.2, 0.25) is 5.91 Å². The molecule has 0 radical (unpaired) electrons. The van der Waals surface area contributed by atoms with Crippen LogP contribution in [-0.4, -0.2) is 31.4 Å². The van der Waals surface area contributed by atoms with E-state index in [-0.39, 0.29) is 11.7 Å². The Morgan fingerprint density at radius 3 is 3.12 bits per heavy atom. The maximum Gasteiger partial charge on any atom is 0.227 e. The maximum absolute atomic E-state index is 10.7. The summed E-state index contributed by atoms with van der Waals surface area (Å²) in [5.41, 5.74) is 5.91. The number of hydrogen-bond donors (Lipinski definition) is 1. The first-order valence-corrected chi connectivity index (χ1v) is 5.47. The fourth-order valence-electron chi connectivity index (χ4n) is 1.13. The number of aromatic nitrogens is 4. The minimum Gasteiger partial charge on any atom is -0.369 e. The molecule has 0 unspecified atom stereocenters. The van der Waals surface area contributed by atoms with Crippen LogP contribution in [0.4, 0.5) is 0 Å². The summed E-state index contributed by atoms with van der Waals surface area (Å²) in [5, 5.41) is 8.31. The first-order valence-electron chi connectivity index (χ1n) is 4.49. The molecule has 0 bridgehead atoms. The number of amides is 1. The molecule has 0 saturated heterocycles. The van der Waals surface area contributed by atoms with Crippen molar-refractivity contribution >= 4 is 17.7 Å². The number of thioether (sulfide) groups is 1. The zero-order chi connectivity index (χ0) is 11.4. The van der Waals surface area contributed by atoms with Gasteiger partial charge in [0.1, 0.15) is 6.33 Å². The summed E-state index contributed by atoms with van der Waals surface area (Å²) in [6, 6.07) is 3.70. The standard InChI is InChI=1S/C9H9N5OS/c10-8(15)5-16-9-13-12-6-14(9)7-2-1-3-11-4-7/h1-4,6H,5H2,(H2,10,15). The minimum absolute atomic E-state index is 0.180. The van der Waals surface area contributed by atoms with Crippen molar-refractivity contribution in [2.75, 3.05) is 5.75 Å². The Labute approximate surface area is 95.9 Å². The molecule has 0 aliphatic heterocycles. The summed E-state index contributed by atoms with van der Waals surface area (Å²) in [6.45, 7) is 0. The Morgan fingerprint density at radius 1 is 1.56 bits per heavy atom. The van der Waals surface area contributed by atoms with Crippen molar-refractivity contribution in [1.29, 1.82) is 0 Å².